The Morgan fingerprint density at radius 2 is 1.71 bits per heavy atom. The van der Waals surface area contributed by atoms with Gasteiger partial charge in [-0.3, -0.25) is 4.79 Å². The largest absolute Gasteiger partial charge is 0.491 e. The molecule has 4 heteroatoms. The van der Waals surface area contributed by atoms with Crippen LogP contribution in [0.15, 0.2) is 60.7 Å². The topological polar surface area (TPSA) is 47.6 Å². The zero-order valence-corrected chi connectivity index (χ0v) is 16.7. The lowest BCUT2D eigenvalue weighted by atomic mass is 10.1. The first-order valence-corrected chi connectivity index (χ1v) is 9.70. The number of carbonyl (C=O) groups is 1. The van der Waals surface area contributed by atoms with Crippen LogP contribution in [0.2, 0.25) is 0 Å². The second kappa shape index (κ2) is 9.27. The number of fused-ring (bicyclic) bond motifs is 1. The molecule has 1 atom stereocenters. The van der Waals surface area contributed by atoms with Crippen LogP contribution in [-0.2, 0) is 4.79 Å². The van der Waals surface area contributed by atoms with E-state index in [1.807, 2.05) is 63.2 Å². The molecular formula is C24H27NO3. The lowest BCUT2D eigenvalue weighted by molar-refractivity contribution is -0.128. The van der Waals surface area contributed by atoms with Crippen LogP contribution in [0.1, 0.15) is 24.5 Å². The number of hydrogen-bond donors (Lipinski definition) is 1. The van der Waals surface area contributed by atoms with E-state index >= 15 is 0 Å². The first kappa shape index (κ1) is 19.7. The predicted octanol–water partition coefficient (Wildman–Crippen LogP) is 4.81. The summed E-state index contributed by atoms with van der Waals surface area (Å²) >= 11 is 0. The lowest BCUT2D eigenvalue weighted by Crippen LogP contribution is -2.39. The Hall–Kier alpha value is -3.01. The molecule has 3 aromatic carbocycles. The van der Waals surface area contributed by atoms with Gasteiger partial charge in [-0.1, -0.05) is 49.4 Å². The second-order valence-electron chi connectivity index (χ2n) is 6.95. The quantitative estimate of drug-likeness (QED) is 0.573. The van der Waals surface area contributed by atoms with Gasteiger partial charge in [0.1, 0.15) is 18.1 Å². The van der Waals surface area contributed by atoms with E-state index in [9.17, 15) is 4.79 Å². The number of rotatable bonds is 8. The van der Waals surface area contributed by atoms with Crippen molar-refractivity contribution in [2.24, 2.45) is 0 Å². The van der Waals surface area contributed by atoms with E-state index in [1.54, 1.807) is 0 Å². The molecule has 0 aliphatic rings. The summed E-state index contributed by atoms with van der Waals surface area (Å²) in [4.78, 5) is 12.5. The highest BCUT2D eigenvalue weighted by molar-refractivity contribution is 5.88. The van der Waals surface area contributed by atoms with Gasteiger partial charge in [-0.2, -0.15) is 0 Å². The van der Waals surface area contributed by atoms with E-state index in [4.69, 9.17) is 9.47 Å². The fraction of sp³-hybridized carbons (Fsp3) is 0.292. The van der Waals surface area contributed by atoms with E-state index in [-0.39, 0.29) is 5.91 Å². The molecule has 0 unspecified atom stereocenters. The van der Waals surface area contributed by atoms with Gasteiger partial charge in [0, 0.05) is 5.39 Å². The summed E-state index contributed by atoms with van der Waals surface area (Å²) in [5.74, 6) is 1.43. The van der Waals surface area contributed by atoms with Gasteiger partial charge in [-0.15, -0.1) is 0 Å². The van der Waals surface area contributed by atoms with E-state index in [1.165, 1.54) is 0 Å². The lowest BCUT2D eigenvalue weighted by Gasteiger charge is -2.18. The van der Waals surface area contributed by atoms with E-state index < -0.39 is 6.10 Å². The van der Waals surface area contributed by atoms with Crippen molar-refractivity contribution in [2.45, 2.75) is 33.3 Å². The molecule has 1 amide bonds. The van der Waals surface area contributed by atoms with Crippen molar-refractivity contribution in [3.05, 3.63) is 71.8 Å². The molecule has 146 valence electrons. The van der Waals surface area contributed by atoms with E-state index in [2.05, 4.69) is 23.5 Å². The number of amides is 1. The Morgan fingerprint density at radius 1 is 1.00 bits per heavy atom. The van der Waals surface area contributed by atoms with Crippen molar-refractivity contribution in [1.29, 1.82) is 0 Å². The van der Waals surface area contributed by atoms with Crippen LogP contribution >= 0.6 is 0 Å². The van der Waals surface area contributed by atoms with Crippen LogP contribution in [0.25, 0.3) is 10.8 Å². The van der Waals surface area contributed by atoms with Crippen molar-refractivity contribution in [3.63, 3.8) is 0 Å². The average Bonchev–Trinajstić information content (AvgIpc) is 2.68. The van der Waals surface area contributed by atoms with Crippen molar-refractivity contribution in [3.8, 4) is 11.5 Å². The minimum atomic E-state index is -0.515. The second-order valence-corrected chi connectivity index (χ2v) is 6.95. The highest BCUT2D eigenvalue weighted by atomic mass is 16.5. The summed E-state index contributed by atoms with van der Waals surface area (Å²) in [5.41, 5.74) is 2.24. The highest BCUT2D eigenvalue weighted by Crippen LogP contribution is 2.25. The molecular weight excluding hydrogens is 350 g/mol. The van der Waals surface area contributed by atoms with Gasteiger partial charge in [-0.05, 0) is 55.0 Å². The summed E-state index contributed by atoms with van der Waals surface area (Å²) in [7, 11) is 0. The van der Waals surface area contributed by atoms with Crippen LogP contribution in [-0.4, -0.2) is 25.2 Å². The third-order valence-electron chi connectivity index (χ3n) is 4.55. The molecule has 0 saturated carbocycles. The molecule has 4 nitrogen and oxygen atoms in total. The van der Waals surface area contributed by atoms with Gasteiger partial charge >= 0.3 is 0 Å². The minimum absolute atomic E-state index is 0.122. The van der Waals surface area contributed by atoms with Gasteiger partial charge in [0.25, 0.3) is 5.91 Å². The van der Waals surface area contributed by atoms with Crippen LogP contribution in [0.3, 0.4) is 0 Å². The molecule has 28 heavy (non-hydrogen) atoms. The van der Waals surface area contributed by atoms with Crippen molar-refractivity contribution in [1.82, 2.24) is 5.32 Å². The Kier molecular flexibility index (Phi) is 6.53. The summed E-state index contributed by atoms with van der Waals surface area (Å²) in [5, 5.41) is 5.12. The molecule has 0 saturated heterocycles. The van der Waals surface area contributed by atoms with Crippen LogP contribution < -0.4 is 14.8 Å². The van der Waals surface area contributed by atoms with Gasteiger partial charge in [0.2, 0.25) is 0 Å². The molecule has 0 aliphatic carbocycles. The molecule has 3 aromatic rings. The zero-order valence-electron chi connectivity index (χ0n) is 16.7. The smallest absolute Gasteiger partial charge is 0.261 e. The Balaban J connectivity index is 1.52. The fourth-order valence-electron chi connectivity index (χ4n) is 3.26. The van der Waals surface area contributed by atoms with Gasteiger partial charge in [0.05, 0.1) is 6.54 Å². The number of hydrogen-bond acceptors (Lipinski definition) is 3. The van der Waals surface area contributed by atoms with Crippen molar-refractivity contribution >= 4 is 16.7 Å². The Bertz CT molecular complexity index is 926. The molecule has 3 rings (SSSR count). The Morgan fingerprint density at radius 3 is 2.46 bits per heavy atom. The number of ether oxygens (including phenoxy) is 2. The molecule has 0 fully saturated rings. The molecule has 0 bridgehead atoms. The zero-order chi connectivity index (χ0) is 19.9. The molecule has 1 N–H and O–H groups in total. The van der Waals surface area contributed by atoms with E-state index in [0.717, 1.165) is 33.4 Å². The Labute approximate surface area is 166 Å². The number of carbonyl (C=O) groups excluding carboxylic acids is 1. The maximum Gasteiger partial charge on any atom is 0.261 e. The first-order chi connectivity index (χ1) is 13.6. The highest BCUT2D eigenvalue weighted by Gasteiger charge is 2.18. The summed E-state index contributed by atoms with van der Waals surface area (Å²) in [6, 6.07) is 20.1. The predicted molar refractivity (Wildman–Crippen MR) is 113 cm³/mol. The number of benzene rings is 3. The van der Waals surface area contributed by atoms with Gasteiger partial charge in [0.15, 0.2) is 6.10 Å². The number of nitrogens with one attached hydrogen (secondary N) is 1. The minimum Gasteiger partial charge on any atom is -0.491 e. The molecule has 0 aromatic heterocycles. The third-order valence-corrected chi connectivity index (χ3v) is 4.55. The van der Waals surface area contributed by atoms with Gasteiger partial charge < -0.3 is 14.8 Å². The maximum atomic E-state index is 12.5. The van der Waals surface area contributed by atoms with Crippen LogP contribution in [0.4, 0.5) is 0 Å². The third kappa shape index (κ3) is 5.03. The van der Waals surface area contributed by atoms with Crippen LogP contribution in [0, 0.1) is 13.8 Å². The summed E-state index contributed by atoms with van der Waals surface area (Å²) < 4.78 is 11.8. The maximum absolute atomic E-state index is 12.5. The summed E-state index contributed by atoms with van der Waals surface area (Å²) in [6.07, 6.45) is 0.0852. The molecule has 0 heterocycles. The van der Waals surface area contributed by atoms with Crippen molar-refractivity contribution < 1.29 is 14.3 Å². The molecule has 0 radical (unpaired) electrons. The van der Waals surface area contributed by atoms with Crippen molar-refractivity contribution in [2.75, 3.05) is 13.2 Å². The normalized spacial score (nSPS) is 11.8. The molecule has 0 spiro atoms. The number of aryl methyl sites for hydroxylation is 2. The van der Waals surface area contributed by atoms with Crippen LogP contribution in [0.5, 0.6) is 11.5 Å². The fourth-order valence-corrected chi connectivity index (χ4v) is 3.26. The van der Waals surface area contributed by atoms with Gasteiger partial charge in [-0.25, -0.2) is 0 Å². The summed E-state index contributed by atoms with van der Waals surface area (Å²) in [6.45, 7) is 6.81. The average molecular weight is 377 g/mol. The monoisotopic (exact) mass is 377 g/mol. The van der Waals surface area contributed by atoms with E-state index in [0.29, 0.717) is 19.6 Å². The standard InChI is InChI=1S/C24H27NO3/c1-4-22(28-20-15-17(2)14-18(3)16-20)24(26)25-12-13-27-23-11-7-9-19-8-5-6-10-21(19)23/h5-11,14-16,22H,4,12-13H2,1-3H3,(H,25,26)/t22-/m0/s1. The molecule has 0 aliphatic heterocycles. The SMILES string of the molecule is CC[C@H](Oc1cc(C)cc(C)c1)C(=O)NCCOc1cccc2ccccc12. The first-order valence-electron chi connectivity index (χ1n) is 9.70.